The average Bonchev–Trinajstić information content (AvgIpc) is 2.84. The van der Waals surface area contributed by atoms with E-state index in [-0.39, 0.29) is 22.8 Å². The van der Waals surface area contributed by atoms with Gasteiger partial charge in [0.15, 0.2) is 0 Å². The minimum absolute atomic E-state index is 0.00289. The summed E-state index contributed by atoms with van der Waals surface area (Å²) in [6.45, 7) is 9.67. The number of sulfonamides is 1. The van der Waals surface area contributed by atoms with E-state index in [4.69, 9.17) is 4.74 Å². The first-order valence-electron chi connectivity index (χ1n) is 12.4. The van der Waals surface area contributed by atoms with Gasteiger partial charge in [0.2, 0.25) is 15.9 Å². The number of nitrogens with zero attached hydrogens (tertiary/aromatic N) is 3. The van der Waals surface area contributed by atoms with Crippen molar-refractivity contribution < 1.29 is 22.7 Å². The van der Waals surface area contributed by atoms with Crippen molar-refractivity contribution in [3.05, 3.63) is 23.8 Å². The van der Waals surface area contributed by atoms with Crippen molar-refractivity contribution in [1.29, 1.82) is 0 Å². The number of rotatable bonds is 9. The molecule has 2 heterocycles. The minimum atomic E-state index is -3.71. The van der Waals surface area contributed by atoms with Gasteiger partial charge in [0.1, 0.15) is 0 Å². The average molecular weight is 495 g/mol. The molecule has 2 aliphatic rings. The van der Waals surface area contributed by atoms with Gasteiger partial charge in [0, 0.05) is 57.4 Å². The Kier molecular flexibility index (Phi) is 9.32. The fourth-order valence-electron chi connectivity index (χ4n) is 4.62. The van der Waals surface area contributed by atoms with E-state index in [0.29, 0.717) is 64.5 Å². The highest BCUT2D eigenvalue weighted by molar-refractivity contribution is 7.89. The van der Waals surface area contributed by atoms with E-state index in [1.54, 1.807) is 30.9 Å². The molecule has 2 amide bonds. The molecule has 1 aromatic rings. The van der Waals surface area contributed by atoms with Gasteiger partial charge in [-0.15, -0.1) is 0 Å². The Bertz CT molecular complexity index is 958. The molecule has 2 saturated heterocycles. The van der Waals surface area contributed by atoms with Crippen LogP contribution >= 0.6 is 0 Å². The van der Waals surface area contributed by atoms with E-state index in [1.165, 1.54) is 10.4 Å². The summed E-state index contributed by atoms with van der Waals surface area (Å²) in [5, 5.41) is 3.04. The van der Waals surface area contributed by atoms with Gasteiger partial charge in [-0.05, 0) is 37.5 Å². The predicted octanol–water partition coefficient (Wildman–Crippen LogP) is 2.07. The predicted molar refractivity (Wildman–Crippen MR) is 132 cm³/mol. The van der Waals surface area contributed by atoms with Crippen molar-refractivity contribution in [1.82, 2.24) is 14.5 Å². The molecule has 0 bridgehead atoms. The number of likely N-dealkylation sites (tertiary alicyclic amines) is 1. The highest BCUT2D eigenvalue weighted by Crippen LogP contribution is 2.29. The zero-order valence-corrected chi connectivity index (χ0v) is 21.4. The van der Waals surface area contributed by atoms with Crippen molar-refractivity contribution in [3.63, 3.8) is 0 Å². The van der Waals surface area contributed by atoms with E-state index < -0.39 is 10.0 Å². The van der Waals surface area contributed by atoms with E-state index in [2.05, 4.69) is 10.2 Å². The van der Waals surface area contributed by atoms with Crippen LogP contribution in [0.5, 0.6) is 0 Å². The summed E-state index contributed by atoms with van der Waals surface area (Å²) in [6.07, 6.45) is 2.86. The number of amides is 2. The standard InChI is InChI=1S/C24H38N4O5S/c1-4-8-23(29)25-19-9-7-12-27(18-19)24(30)21-17-20(34(31,32)28(5-2)6-3)10-11-22(21)26-13-15-33-16-14-26/h10-11,17,19H,4-9,12-16,18H2,1-3H3,(H,25,29). The third kappa shape index (κ3) is 6.09. The van der Waals surface area contributed by atoms with Crippen LogP contribution in [0.3, 0.4) is 0 Å². The molecule has 2 aliphatic heterocycles. The van der Waals surface area contributed by atoms with Crippen LogP contribution in [0, 0.1) is 0 Å². The third-order valence-electron chi connectivity index (χ3n) is 6.44. The second-order valence-corrected chi connectivity index (χ2v) is 10.7. The van der Waals surface area contributed by atoms with Crippen molar-refractivity contribution >= 4 is 27.5 Å². The van der Waals surface area contributed by atoms with Crippen LogP contribution < -0.4 is 10.2 Å². The molecular formula is C24H38N4O5S. The molecule has 190 valence electrons. The van der Waals surface area contributed by atoms with Crippen molar-refractivity contribution in [2.75, 3.05) is 57.4 Å². The van der Waals surface area contributed by atoms with E-state index in [0.717, 1.165) is 24.9 Å². The Morgan fingerprint density at radius 3 is 2.47 bits per heavy atom. The van der Waals surface area contributed by atoms with Crippen LogP contribution in [-0.4, -0.2) is 88.0 Å². The number of hydrogen-bond acceptors (Lipinski definition) is 6. The Hall–Kier alpha value is -2.17. The van der Waals surface area contributed by atoms with Gasteiger partial charge >= 0.3 is 0 Å². The molecule has 0 spiro atoms. The highest BCUT2D eigenvalue weighted by Gasteiger charge is 2.30. The fourth-order valence-corrected chi connectivity index (χ4v) is 6.10. The number of ether oxygens (including phenoxy) is 1. The lowest BCUT2D eigenvalue weighted by atomic mass is 10.0. The van der Waals surface area contributed by atoms with E-state index in [1.807, 2.05) is 6.92 Å². The van der Waals surface area contributed by atoms with E-state index in [9.17, 15) is 18.0 Å². The maximum atomic E-state index is 13.8. The summed E-state index contributed by atoms with van der Waals surface area (Å²) < 4.78 is 33.2. The van der Waals surface area contributed by atoms with Crippen molar-refractivity contribution in [2.24, 2.45) is 0 Å². The summed E-state index contributed by atoms with van der Waals surface area (Å²) in [4.78, 5) is 29.8. The summed E-state index contributed by atoms with van der Waals surface area (Å²) in [5.41, 5.74) is 1.11. The van der Waals surface area contributed by atoms with Gasteiger partial charge in [0.25, 0.3) is 5.91 Å². The summed E-state index contributed by atoms with van der Waals surface area (Å²) >= 11 is 0. The summed E-state index contributed by atoms with van der Waals surface area (Å²) in [7, 11) is -3.71. The van der Waals surface area contributed by atoms with Gasteiger partial charge in [0.05, 0.1) is 23.7 Å². The molecule has 2 fully saturated rings. The van der Waals surface area contributed by atoms with Gasteiger partial charge < -0.3 is 19.9 Å². The number of carbonyl (C=O) groups excluding carboxylic acids is 2. The lowest BCUT2D eigenvalue weighted by Gasteiger charge is -2.35. The zero-order valence-electron chi connectivity index (χ0n) is 20.6. The Morgan fingerprint density at radius 2 is 1.82 bits per heavy atom. The molecule has 9 nitrogen and oxygen atoms in total. The SMILES string of the molecule is CCCC(=O)NC1CCCN(C(=O)c2cc(S(=O)(=O)N(CC)CC)ccc2N2CCOCC2)C1. The van der Waals surface area contributed by atoms with Gasteiger partial charge in [-0.3, -0.25) is 9.59 Å². The van der Waals surface area contributed by atoms with Crippen LogP contribution in [0.4, 0.5) is 5.69 Å². The maximum absolute atomic E-state index is 13.8. The number of hydrogen-bond donors (Lipinski definition) is 1. The Balaban J connectivity index is 1.93. The topological polar surface area (TPSA) is 99.3 Å². The Labute approximate surface area is 203 Å². The summed E-state index contributed by atoms with van der Waals surface area (Å²) in [5.74, 6) is -0.198. The normalized spacial score (nSPS) is 19.4. The largest absolute Gasteiger partial charge is 0.378 e. The first kappa shape index (κ1) is 26.4. The molecule has 1 unspecified atom stereocenters. The van der Waals surface area contributed by atoms with Gasteiger partial charge in [-0.2, -0.15) is 4.31 Å². The quantitative estimate of drug-likeness (QED) is 0.564. The molecule has 1 N–H and O–H groups in total. The third-order valence-corrected chi connectivity index (χ3v) is 8.49. The van der Waals surface area contributed by atoms with Crippen LogP contribution in [-0.2, 0) is 19.6 Å². The monoisotopic (exact) mass is 494 g/mol. The molecular weight excluding hydrogens is 456 g/mol. The molecule has 34 heavy (non-hydrogen) atoms. The molecule has 0 aliphatic carbocycles. The molecule has 0 saturated carbocycles. The van der Waals surface area contributed by atoms with Crippen LogP contribution in [0.25, 0.3) is 0 Å². The first-order valence-corrected chi connectivity index (χ1v) is 13.8. The number of benzene rings is 1. The van der Waals surface area contributed by atoms with Crippen LogP contribution in [0.1, 0.15) is 56.8 Å². The second kappa shape index (κ2) is 12.0. The highest BCUT2D eigenvalue weighted by atomic mass is 32.2. The van der Waals surface area contributed by atoms with E-state index >= 15 is 0 Å². The number of carbonyl (C=O) groups is 2. The van der Waals surface area contributed by atoms with Gasteiger partial charge in [-0.1, -0.05) is 20.8 Å². The minimum Gasteiger partial charge on any atom is -0.378 e. The smallest absolute Gasteiger partial charge is 0.256 e. The zero-order chi connectivity index (χ0) is 24.7. The second-order valence-electron chi connectivity index (χ2n) is 8.78. The first-order chi connectivity index (χ1) is 16.3. The lowest BCUT2D eigenvalue weighted by Crippen LogP contribution is -2.50. The molecule has 0 radical (unpaired) electrons. The van der Waals surface area contributed by atoms with Crippen LogP contribution in [0.15, 0.2) is 23.1 Å². The maximum Gasteiger partial charge on any atom is 0.256 e. The van der Waals surface area contributed by atoms with Crippen molar-refractivity contribution in [3.8, 4) is 0 Å². The molecule has 1 aromatic carbocycles. The molecule has 0 aromatic heterocycles. The lowest BCUT2D eigenvalue weighted by molar-refractivity contribution is -0.122. The van der Waals surface area contributed by atoms with Crippen molar-refractivity contribution in [2.45, 2.75) is 57.4 Å². The molecule has 10 heteroatoms. The van der Waals surface area contributed by atoms with Crippen LogP contribution in [0.2, 0.25) is 0 Å². The summed E-state index contributed by atoms with van der Waals surface area (Å²) in [6, 6.07) is 4.78. The number of nitrogens with one attached hydrogen (secondary N) is 1. The van der Waals surface area contributed by atoms with Gasteiger partial charge in [-0.25, -0.2) is 8.42 Å². The molecule has 1 atom stereocenters. The molecule has 3 rings (SSSR count). The number of anilines is 1. The fraction of sp³-hybridized carbons (Fsp3) is 0.667. The Morgan fingerprint density at radius 1 is 1.12 bits per heavy atom. The number of piperidine rings is 1. The number of morpholine rings is 1.